The number of esters is 1. The number of allylic oxidation sites excluding steroid dienone is 2. The second-order valence-corrected chi connectivity index (χ2v) is 10.8. The Balaban J connectivity index is 1.20. The maximum atomic E-state index is 13.5. The summed E-state index contributed by atoms with van der Waals surface area (Å²) in [4.78, 5) is 13.5. The fraction of sp³-hybridized carbons (Fsp3) is 0.414. The first-order chi connectivity index (χ1) is 15.1. The molecule has 3 fully saturated rings. The molecule has 3 saturated carbocycles. The topological polar surface area (TPSA) is 26.3 Å². The van der Waals surface area contributed by atoms with Crippen molar-refractivity contribution in [1.29, 1.82) is 0 Å². The normalized spacial score (nSPS) is 37.1. The highest BCUT2D eigenvalue weighted by atomic mass is 16.5. The molecule has 0 aliphatic heterocycles. The van der Waals surface area contributed by atoms with Gasteiger partial charge in [-0.1, -0.05) is 67.6 Å². The Bertz CT molecular complexity index is 1200. The number of carbonyl (C=O) groups excluding carboxylic acids is 1. The Labute approximate surface area is 183 Å². The Morgan fingerprint density at radius 1 is 0.935 bits per heavy atom. The molecule has 0 N–H and O–H groups in total. The van der Waals surface area contributed by atoms with Gasteiger partial charge in [0, 0.05) is 5.41 Å². The first kappa shape index (κ1) is 18.0. The molecule has 0 saturated heterocycles. The average Bonchev–Trinajstić information content (AvgIpc) is 3.55. The van der Waals surface area contributed by atoms with E-state index in [1.165, 1.54) is 19.3 Å². The molecule has 7 unspecified atom stereocenters. The summed E-state index contributed by atoms with van der Waals surface area (Å²) in [6, 6.07) is 18.5. The predicted molar refractivity (Wildman–Crippen MR) is 124 cm³/mol. The molecule has 0 amide bonds. The molecule has 7 atom stereocenters. The summed E-state index contributed by atoms with van der Waals surface area (Å²) in [5, 5.41) is 4.16. The Morgan fingerprint density at radius 2 is 1.58 bits per heavy atom. The predicted octanol–water partition coefficient (Wildman–Crippen LogP) is 6.63. The zero-order valence-corrected chi connectivity index (χ0v) is 18.0. The molecule has 31 heavy (non-hydrogen) atoms. The van der Waals surface area contributed by atoms with Crippen molar-refractivity contribution in [3.05, 3.63) is 72.3 Å². The second-order valence-electron chi connectivity index (χ2n) is 10.8. The van der Waals surface area contributed by atoms with E-state index in [1.807, 2.05) is 36.4 Å². The molecule has 2 heteroatoms. The Kier molecular flexibility index (Phi) is 3.61. The van der Waals surface area contributed by atoms with Gasteiger partial charge in [0.15, 0.2) is 0 Å². The first-order valence-corrected chi connectivity index (χ1v) is 11.9. The number of rotatable bonds is 3. The lowest BCUT2D eigenvalue weighted by atomic mass is 9.63. The van der Waals surface area contributed by atoms with Gasteiger partial charge in [-0.3, -0.25) is 0 Å². The number of carbonyl (C=O) groups is 1. The summed E-state index contributed by atoms with van der Waals surface area (Å²) in [6.45, 7) is 2.94. The summed E-state index contributed by atoms with van der Waals surface area (Å²) in [6.07, 6.45) is 8.92. The zero-order valence-electron chi connectivity index (χ0n) is 18.0. The fourth-order valence-electron chi connectivity index (χ4n) is 8.19. The maximum absolute atomic E-state index is 13.5. The van der Waals surface area contributed by atoms with Crippen molar-refractivity contribution in [2.45, 2.75) is 26.2 Å². The van der Waals surface area contributed by atoms with Gasteiger partial charge in [-0.2, -0.15) is 0 Å². The fourth-order valence-corrected chi connectivity index (χ4v) is 8.19. The van der Waals surface area contributed by atoms with Gasteiger partial charge in [-0.05, 0) is 82.4 Å². The van der Waals surface area contributed by atoms with Gasteiger partial charge in [0.1, 0.15) is 0 Å². The van der Waals surface area contributed by atoms with Crippen molar-refractivity contribution in [2.24, 2.45) is 40.9 Å². The van der Waals surface area contributed by atoms with E-state index in [4.69, 9.17) is 4.74 Å². The van der Waals surface area contributed by atoms with E-state index in [-0.39, 0.29) is 11.4 Å². The van der Waals surface area contributed by atoms with Crippen molar-refractivity contribution in [1.82, 2.24) is 0 Å². The van der Waals surface area contributed by atoms with E-state index >= 15 is 0 Å². The molecule has 0 radical (unpaired) electrons. The molecule has 3 aromatic rings. The highest BCUT2D eigenvalue weighted by Crippen LogP contribution is 2.70. The molecule has 156 valence electrons. The third kappa shape index (κ3) is 2.42. The number of fused-ring (bicyclic) bond motifs is 11. The van der Waals surface area contributed by atoms with Crippen LogP contribution < -0.4 is 0 Å². The van der Waals surface area contributed by atoms with E-state index in [1.54, 1.807) is 0 Å². The summed E-state index contributed by atoms with van der Waals surface area (Å²) in [5.74, 6) is 4.72. The van der Waals surface area contributed by atoms with Crippen molar-refractivity contribution < 1.29 is 9.53 Å². The number of benzene rings is 3. The highest BCUT2D eigenvalue weighted by molar-refractivity contribution is 6.16. The smallest absolute Gasteiger partial charge is 0.339 e. The number of hydrogen-bond acceptors (Lipinski definition) is 2. The van der Waals surface area contributed by atoms with Crippen LogP contribution in [0.4, 0.5) is 0 Å². The van der Waals surface area contributed by atoms with Crippen LogP contribution in [0.1, 0.15) is 36.5 Å². The number of ether oxygens (including phenoxy) is 1. The van der Waals surface area contributed by atoms with Crippen LogP contribution in [0.25, 0.3) is 21.5 Å². The van der Waals surface area contributed by atoms with Crippen molar-refractivity contribution in [3.8, 4) is 0 Å². The lowest BCUT2D eigenvalue weighted by Gasteiger charge is -2.43. The van der Waals surface area contributed by atoms with Crippen LogP contribution >= 0.6 is 0 Å². The second kappa shape index (κ2) is 6.22. The van der Waals surface area contributed by atoms with E-state index in [0.29, 0.717) is 12.5 Å². The minimum absolute atomic E-state index is 0.125. The number of hydrogen-bond donors (Lipinski definition) is 0. The summed E-state index contributed by atoms with van der Waals surface area (Å²) in [7, 11) is 0. The standard InChI is InChI=1S/C29H28O2/c1-29(15-21-14-24(29)26-20-11-10-19(13-20)25(21)26)16-31-28(30)27-22-8-4-2-6-17(22)12-18-7-3-5-9-23(18)27/h2-12,19-21,24-26H,13-16H2,1H3. The molecular formula is C29H28O2. The Hall–Kier alpha value is -2.61. The van der Waals surface area contributed by atoms with Crippen LogP contribution in [-0.4, -0.2) is 12.6 Å². The minimum atomic E-state index is -0.165. The van der Waals surface area contributed by atoms with Crippen LogP contribution in [0.15, 0.2) is 66.7 Å². The maximum Gasteiger partial charge on any atom is 0.339 e. The van der Waals surface area contributed by atoms with Crippen LogP contribution in [0.3, 0.4) is 0 Å². The lowest BCUT2D eigenvalue weighted by Crippen LogP contribution is -2.40. The third-order valence-electron chi connectivity index (χ3n) is 9.28. The van der Waals surface area contributed by atoms with Crippen LogP contribution in [0.2, 0.25) is 0 Å². The zero-order chi connectivity index (χ0) is 20.7. The largest absolute Gasteiger partial charge is 0.461 e. The van der Waals surface area contributed by atoms with Gasteiger partial charge >= 0.3 is 5.97 Å². The summed E-state index contributed by atoms with van der Waals surface area (Å²) >= 11 is 0. The minimum Gasteiger partial charge on any atom is -0.461 e. The molecule has 7 rings (SSSR count). The molecular weight excluding hydrogens is 380 g/mol. The van der Waals surface area contributed by atoms with Gasteiger partial charge < -0.3 is 4.74 Å². The van der Waals surface area contributed by atoms with E-state index in [2.05, 4.69) is 37.3 Å². The van der Waals surface area contributed by atoms with Gasteiger partial charge in [0.2, 0.25) is 0 Å². The molecule has 4 bridgehead atoms. The van der Waals surface area contributed by atoms with Crippen molar-refractivity contribution >= 4 is 27.5 Å². The third-order valence-corrected chi connectivity index (χ3v) is 9.28. The monoisotopic (exact) mass is 408 g/mol. The molecule has 4 aliphatic rings. The lowest BCUT2D eigenvalue weighted by molar-refractivity contribution is -0.00536. The van der Waals surface area contributed by atoms with Crippen LogP contribution in [0, 0.1) is 40.9 Å². The molecule has 0 aromatic heterocycles. The quantitative estimate of drug-likeness (QED) is 0.210. The van der Waals surface area contributed by atoms with Crippen molar-refractivity contribution in [2.75, 3.05) is 6.61 Å². The van der Waals surface area contributed by atoms with Crippen LogP contribution in [-0.2, 0) is 4.74 Å². The Morgan fingerprint density at radius 3 is 2.29 bits per heavy atom. The van der Waals surface area contributed by atoms with Gasteiger partial charge in [-0.15, -0.1) is 0 Å². The van der Waals surface area contributed by atoms with Crippen LogP contribution in [0.5, 0.6) is 0 Å². The first-order valence-electron chi connectivity index (χ1n) is 11.9. The summed E-state index contributed by atoms with van der Waals surface area (Å²) < 4.78 is 6.16. The van der Waals surface area contributed by atoms with E-state index < -0.39 is 0 Å². The molecule has 0 heterocycles. The van der Waals surface area contributed by atoms with E-state index in [0.717, 1.165) is 56.7 Å². The molecule has 3 aromatic carbocycles. The SMILES string of the molecule is CC1(COC(=O)c2c3ccccc3cc3ccccc23)CC2CC1C1C3C=CC(C3)C21. The van der Waals surface area contributed by atoms with E-state index in [9.17, 15) is 4.79 Å². The van der Waals surface area contributed by atoms with Crippen molar-refractivity contribution in [3.63, 3.8) is 0 Å². The van der Waals surface area contributed by atoms with Gasteiger partial charge in [0.25, 0.3) is 0 Å². The highest BCUT2D eigenvalue weighted by Gasteiger charge is 2.64. The molecule has 2 nitrogen and oxygen atoms in total. The molecule has 0 spiro atoms. The summed E-state index contributed by atoms with van der Waals surface area (Å²) in [5.41, 5.74) is 0.849. The molecule has 4 aliphatic carbocycles. The van der Waals surface area contributed by atoms with Gasteiger partial charge in [-0.25, -0.2) is 4.79 Å². The van der Waals surface area contributed by atoms with Gasteiger partial charge in [0.05, 0.1) is 12.2 Å². The average molecular weight is 409 g/mol.